The Labute approximate surface area is 110 Å². The number of halogens is 1. The number of hydrogen-bond donors (Lipinski definition) is 0. The third-order valence-corrected chi connectivity index (χ3v) is 3.53. The Hall–Kier alpha value is -0.430. The van der Waals surface area contributed by atoms with Crippen molar-refractivity contribution in [3.63, 3.8) is 0 Å². The standard InChI is InChI=1S/C11H17IN4/c1-15-4-3-9(7-15)8-16(2)11-13-5-10(12)6-14-11/h5-6,9H,3-4,7-8H2,1-2H3. The highest BCUT2D eigenvalue weighted by Gasteiger charge is 2.21. The molecule has 0 amide bonds. The molecule has 0 aromatic carbocycles. The average Bonchev–Trinajstić information content (AvgIpc) is 2.65. The first-order valence-corrected chi connectivity index (χ1v) is 6.60. The lowest BCUT2D eigenvalue weighted by molar-refractivity contribution is 0.395. The van der Waals surface area contributed by atoms with E-state index in [4.69, 9.17) is 0 Å². The van der Waals surface area contributed by atoms with Crippen molar-refractivity contribution in [3.8, 4) is 0 Å². The molecule has 1 fully saturated rings. The zero-order valence-corrected chi connectivity index (χ0v) is 11.9. The van der Waals surface area contributed by atoms with Crippen LogP contribution in [0.1, 0.15) is 6.42 Å². The van der Waals surface area contributed by atoms with Gasteiger partial charge in [0.2, 0.25) is 5.95 Å². The summed E-state index contributed by atoms with van der Waals surface area (Å²) >= 11 is 2.22. The number of anilines is 1. The van der Waals surface area contributed by atoms with Crippen molar-refractivity contribution in [3.05, 3.63) is 16.0 Å². The van der Waals surface area contributed by atoms with Crippen molar-refractivity contribution in [2.45, 2.75) is 6.42 Å². The van der Waals surface area contributed by atoms with Crippen molar-refractivity contribution in [2.24, 2.45) is 5.92 Å². The molecule has 2 rings (SSSR count). The summed E-state index contributed by atoms with van der Waals surface area (Å²) in [5.74, 6) is 1.58. The molecule has 0 N–H and O–H groups in total. The van der Waals surface area contributed by atoms with Gasteiger partial charge in [-0.15, -0.1) is 0 Å². The summed E-state index contributed by atoms with van der Waals surface area (Å²) in [5, 5.41) is 0. The summed E-state index contributed by atoms with van der Waals surface area (Å²) in [6, 6.07) is 0. The molecular weight excluding hydrogens is 315 g/mol. The maximum atomic E-state index is 4.33. The topological polar surface area (TPSA) is 32.3 Å². The number of aromatic nitrogens is 2. The van der Waals surface area contributed by atoms with Gasteiger partial charge in [0.25, 0.3) is 0 Å². The molecule has 1 saturated heterocycles. The number of hydrogen-bond acceptors (Lipinski definition) is 4. The number of rotatable bonds is 3. The molecule has 2 heterocycles. The summed E-state index contributed by atoms with van der Waals surface area (Å²) in [6.07, 6.45) is 5.01. The van der Waals surface area contributed by atoms with Crippen LogP contribution in [-0.2, 0) is 0 Å². The van der Waals surface area contributed by atoms with E-state index in [1.165, 1.54) is 19.5 Å². The van der Waals surface area contributed by atoms with E-state index in [0.717, 1.165) is 22.0 Å². The molecule has 0 bridgehead atoms. The van der Waals surface area contributed by atoms with E-state index in [-0.39, 0.29) is 0 Å². The molecule has 0 spiro atoms. The molecule has 0 aliphatic carbocycles. The monoisotopic (exact) mass is 332 g/mol. The van der Waals surface area contributed by atoms with Gasteiger partial charge < -0.3 is 9.80 Å². The highest BCUT2D eigenvalue weighted by atomic mass is 127. The molecule has 1 atom stereocenters. The van der Waals surface area contributed by atoms with Crippen molar-refractivity contribution in [1.29, 1.82) is 0 Å². The van der Waals surface area contributed by atoms with Gasteiger partial charge in [-0.25, -0.2) is 9.97 Å². The molecule has 88 valence electrons. The van der Waals surface area contributed by atoms with Crippen molar-refractivity contribution in [2.75, 3.05) is 38.6 Å². The summed E-state index contributed by atoms with van der Waals surface area (Å²) in [5.41, 5.74) is 0. The van der Waals surface area contributed by atoms with Crippen molar-refractivity contribution < 1.29 is 0 Å². The molecule has 1 aliphatic heterocycles. The quantitative estimate of drug-likeness (QED) is 0.785. The zero-order chi connectivity index (χ0) is 11.5. The van der Waals surface area contributed by atoms with E-state index in [1.807, 2.05) is 12.4 Å². The molecule has 1 aromatic heterocycles. The lowest BCUT2D eigenvalue weighted by atomic mass is 10.1. The van der Waals surface area contributed by atoms with Gasteiger partial charge in [0.05, 0.1) is 0 Å². The first-order valence-electron chi connectivity index (χ1n) is 5.52. The fraction of sp³-hybridized carbons (Fsp3) is 0.636. The van der Waals surface area contributed by atoms with E-state index in [0.29, 0.717) is 0 Å². The average molecular weight is 332 g/mol. The van der Waals surface area contributed by atoms with Crippen LogP contribution in [0.15, 0.2) is 12.4 Å². The van der Waals surface area contributed by atoms with Gasteiger partial charge in [-0.2, -0.15) is 0 Å². The van der Waals surface area contributed by atoms with Crippen molar-refractivity contribution >= 4 is 28.5 Å². The third-order valence-electron chi connectivity index (χ3n) is 2.97. The normalized spacial score (nSPS) is 21.3. The Kier molecular flexibility index (Phi) is 3.96. The van der Waals surface area contributed by atoms with Gasteiger partial charge in [0.1, 0.15) is 0 Å². The van der Waals surface area contributed by atoms with Gasteiger partial charge in [-0.05, 0) is 48.5 Å². The van der Waals surface area contributed by atoms with E-state index in [1.54, 1.807) is 0 Å². The Balaban J connectivity index is 1.92. The molecule has 4 nitrogen and oxygen atoms in total. The van der Waals surface area contributed by atoms with E-state index < -0.39 is 0 Å². The van der Waals surface area contributed by atoms with Crippen LogP contribution in [0.4, 0.5) is 5.95 Å². The van der Waals surface area contributed by atoms with E-state index >= 15 is 0 Å². The van der Waals surface area contributed by atoms with Gasteiger partial charge in [-0.3, -0.25) is 0 Å². The molecule has 0 saturated carbocycles. The van der Waals surface area contributed by atoms with Crippen LogP contribution in [0, 0.1) is 9.49 Å². The van der Waals surface area contributed by atoms with E-state index in [2.05, 4.69) is 56.5 Å². The van der Waals surface area contributed by atoms with Crippen LogP contribution in [0.5, 0.6) is 0 Å². The molecular formula is C11H17IN4. The molecule has 16 heavy (non-hydrogen) atoms. The Morgan fingerprint density at radius 2 is 2.19 bits per heavy atom. The highest BCUT2D eigenvalue weighted by molar-refractivity contribution is 14.1. The van der Waals surface area contributed by atoms with Gasteiger partial charge in [-0.1, -0.05) is 0 Å². The highest BCUT2D eigenvalue weighted by Crippen LogP contribution is 2.17. The van der Waals surface area contributed by atoms with Gasteiger partial charge >= 0.3 is 0 Å². The maximum Gasteiger partial charge on any atom is 0.225 e. The van der Waals surface area contributed by atoms with Crippen molar-refractivity contribution in [1.82, 2.24) is 14.9 Å². The first kappa shape index (κ1) is 12.0. The summed E-state index contributed by atoms with van der Waals surface area (Å²) in [7, 11) is 4.25. The fourth-order valence-electron chi connectivity index (χ4n) is 2.15. The molecule has 0 radical (unpaired) electrons. The second-order valence-electron chi connectivity index (χ2n) is 4.50. The minimum atomic E-state index is 0.748. The largest absolute Gasteiger partial charge is 0.344 e. The van der Waals surface area contributed by atoms with Crippen LogP contribution in [-0.4, -0.2) is 48.6 Å². The first-order chi connectivity index (χ1) is 7.65. The Morgan fingerprint density at radius 1 is 1.50 bits per heavy atom. The van der Waals surface area contributed by atoms with E-state index in [9.17, 15) is 0 Å². The van der Waals surface area contributed by atoms with Crippen LogP contribution < -0.4 is 4.90 Å². The minimum absolute atomic E-state index is 0.748. The molecule has 1 aliphatic rings. The number of likely N-dealkylation sites (tertiary alicyclic amines) is 1. The van der Waals surface area contributed by atoms with Crippen LogP contribution in [0.25, 0.3) is 0 Å². The Bertz CT molecular complexity index is 340. The van der Waals surface area contributed by atoms with Crippen LogP contribution in [0.2, 0.25) is 0 Å². The number of nitrogens with zero attached hydrogens (tertiary/aromatic N) is 4. The lowest BCUT2D eigenvalue weighted by Crippen LogP contribution is -2.28. The fourth-order valence-corrected chi connectivity index (χ4v) is 2.43. The second-order valence-corrected chi connectivity index (χ2v) is 5.74. The lowest BCUT2D eigenvalue weighted by Gasteiger charge is -2.20. The summed E-state index contributed by atoms with van der Waals surface area (Å²) < 4.78 is 1.08. The predicted molar refractivity (Wildman–Crippen MR) is 73.6 cm³/mol. The smallest absolute Gasteiger partial charge is 0.225 e. The second kappa shape index (κ2) is 5.27. The third kappa shape index (κ3) is 3.04. The Morgan fingerprint density at radius 3 is 2.75 bits per heavy atom. The SMILES string of the molecule is CN1CCC(CN(C)c2ncc(I)cn2)C1. The van der Waals surface area contributed by atoms with Crippen LogP contribution in [0.3, 0.4) is 0 Å². The summed E-state index contributed by atoms with van der Waals surface area (Å²) in [6.45, 7) is 3.45. The maximum absolute atomic E-state index is 4.33. The van der Waals surface area contributed by atoms with Gasteiger partial charge in [0.15, 0.2) is 0 Å². The van der Waals surface area contributed by atoms with Gasteiger partial charge in [0, 0.05) is 36.1 Å². The zero-order valence-electron chi connectivity index (χ0n) is 9.73. The molecule has 1 aromatic rings. The molecule has 1 unspecified atom stereocenters. The minimum Gasteiger partial charge on any atom is -0.344 e. The summed E-state index contributed by atoms with van der Waals surface area (Å²) in [4.78, 5) is 13.2. The van der Waals surface area contributed by atoms with Crippen LogP contribution >= 0.6 is 22.6 Å². The molecule has 5 heteroatoms. The predicted octanol–water partition coefficient (Wildman–Crippen LogP) is 1.47.